The molecule has 1 aromatic carbocycles. The predicted octanol–water partition coefficient (Wildman–Crippen LogP) is 3.38. The minimum absolute atomic E-state index is 0.766. The smallest absolute Gasteiger partial charge is 0.251 e. The van der Waals surface area contributed by atoms with Crippen molar-refractivity contribution >= 4 is 5.78 Å². The van der Waals surface area contributed by atoms with Gasteiger partial charge in [0.2, 0.25) is 0 Å². The molecule has 0 saturated heterocycles. The Hall–Kier alpha value is -2.10. The van der Waals surface area contributed by atoms with Crippen LogP contribution in [0.25, 0.3) is 17.0 Å². The summed E-state index contributed by atoms with van der Waals surface area (Å²) in [5.74, 6) is 1.79. The molecule has 0 radical (unpaired) electrons. The van der Waals surface area contributed by atoms with E-state index in [0.717, 1.165) is 41.4 Å². The van der Waals surface area contributed by atoms with E-state index in [1.54, 1.807) is 0 Å². The topological polar surface area (TPSA) is 46.0 Å². The van der Waals surface area contributed by atoms with Crippen LogP contribution in [0.4, 0.5) is 0 Å². The summed E-state index contributed by atoms with van der Waals surface area (Å²) in [6.07, 6.45) is 3.32. The van der Waals surface area contributed by atoms with Crippen LogP contribution in [0.2, 0.25) is 0 Å². The van der Waals surface area contributed by atoms with Crippen molar-refractivity contribution in [1.82, 2.24) is 19.6 Å². The monoisotopic (exact) mass is 254 g/mol. The van der Waals surface area contributed by atoms with Crippen molar-refractivity contribution in [3.8, 4) is 11.3 Å². The Labute approximate surface area is 112 Å². The molecule has 0 bridgehead atoms. The highest BCUT2D eigenvalue weighted by molar-refractivity contribution is 5.64. The number of benzene rings is 1. The first-order valence-corrected chi connectivity index (χ1v) is 6.79. The number of rotatable bonds is 4. The maximum Gasteiger partial charge on any atom is 0.251 e. The third-order valence-electron chi connectivity index (χ3n) is 3.38. The van der Waals surface area contributed by atoms with Gasteiger partial charge in [-0.15, -0.1) is 0 Å². The highest BCUT2D eigenvalue weighted by Crippen LogP contribution is 2.22. The third-order valence-corrected chi connectivity index (χ3v) is 3.38. The van der Waals surface area contributed by atoms with Gasteiger partial charge < -0.3 is 0 Å². The zero-order valence-corrected chi connectivity index (χ0v) is 11.3. The summed E-state index contributed by atoms with van der Waals surface area (Å²) in [4.78, 5) is 9.19. The van der Waals surface area contributed by atoms with Crippen molar-refractivity contribution in [2.24, 2.45) is 0 Å². The fourth-order valence-electron chi connectivity index (χ4n) is 2.30. The first kappa shape index (κ1) is 12.0. The van der Waals surface area contributed by atoms with Gasteiger partial charge in [-0.1, -0.05) is 43.7 Å². The number of nitrogens with zero attached hydrogens (tertiary/aromatic N) is 3. The van der Waals surface area contributed by atoms with Gasteiger partial charge in [0.25, 0.3) is 5.78 Å². The molecule has 0 amide bonds. The van der Waals surface area contributed by atoms with E-state index in [1.807, 2.05) is 22.7 Å². The highest BCUT2D eigenvalue weighted by Gasteiger charge is 2.13. The lowest BCUT2D eigenvalue weighted by molar-refractivity contribution is 0.745. The summed E-state index contributed by atoms with van der Waals surface area (Å²) in [6, 6.07) is 10.2. The lowest BCUT2D eigenvalue weighted by Crippen LogP contribution is -1.92. The summed E-state index contributed by atoms with van der Waals surface area (Å²) < 4.78 is 1.98. The molecule has 0 unspecified atom stereocenters. The van der Waals surface area contributed by atoms with Crippen LogP contribution in [0.3, 0.4) is 0 Å². The van der Waals surface area contributed by atoms with Crippen molar-refractivity contribution in [3.05, 3.63) is 41.9 Å². The molecule has 0 spiro atoms. The van der Waals surface area contributed by atoms with E-state index in [4.69, 9.17) is 0 Å². The van der Waals surface area contributed by atoms with E-state index in [-0.39, 0.29) is 0 Å². The van der Waals surface area contributed by atoms with Gasteiger partial charge >= 0.3 is 0 Å². The van der Waals surface area contributed by atoms with Gasteiger partial charge in [0.05, 0.1) is 11.4 Å². The predicted molar refractivity (Wildman–Crippen MR) is 76.1 cm³/mol. The third kappa shape index (κ3) is 2.14. The summed E-state index contributed by atoms with van der Waals surface area (Å²) >= 11 is 0. The Kier molecular flexibility index (Phi) is 3.07. The fourth-order valence-corrected chi connectivity index (χ4v) is 2.30. The van der Waals surface area contributed by atoms with Gasteiger partial charge in [0, 0.05) is 12.0 Å². The molecule has 0 aliphatic rings. The zero-order valence-electron chi connectivity index (χ0n) is 11.3. The second-order valence-electron chi connectivity index (χ2n) is 4.82. The molecular weight excluding hydrogens is 236 g/mol. The molecule has 0 aliphatic heterocycles. The highest BCUT2D eigenvalue weighted by atomic mass is 15.3. The number of hydrogen-bond donors (Lipinski definition) is 1. The van der Waals surface area contributed by atoms with E-state index in [9.17, 15) is 0 Å². The fraction of sp³-hybridized carbons (Fsp3) is 0.333. The lowest BCUT2D eigenvalue weighted by Gasteiger charge is -1.98. The minimum Gasteiger partial charge on any atom is -0.278 e. The van der Waals surface area contributed by atoms with Crippen LogP contribution in [0.1, 0.15) is 31.3 Å². The molecule has 1 N–H and O–H groups in total. The largest absolute Gasteiger partial charge is 0.278 e. The number of unbranched alkanes of at least 4 members (excludes halogenated alkanes) is 1. The number of imidazole rings is 1. The Morgan fingerprint density at radius 2 is 1.95 bits per heavy atom. The Morgan fingerprint density at radius 3 is 2.63 bits per heavy atom. The molecular formula is C15H18N4. The molecule has 3 rings (SSSR count). The molecule has 3 aromatic rings. The molecule has 4 nitrogen and oxygen atoms in total. The minimum atomic E-state index is 0.766. The van der Waals surface area contributed by atoms with Gasteiger partial charge in [-0.2, -0.15) is 4.98 Å². The second kappa shape index (κ2) is 4.88. The van der Waals surface area contributed by atoms with Crippen LogP contribution in [-0.4, -0.2) is 19.6 Å². The number of aromatic nitrogens is 4. The van der Waals surface area contributed by atoms with Crippen molar-refractivity contribution in [2.75, 3.05) is 0 Å². The molecule has 0 atom stereocenters. The van der Waals surface area contributed by atoms with Crippen LogP contribution in [0, 0.1) is 6.92 Å². The maximum absolute atomic E-state index is 4.63. The SMILES string of the molecule is CCCCc1nc2nc(-c3ccccc3)c(C)n2[nH]1. The molecule has 2 aromatic heterocycles. The van der Waals surface area contributed by atoms with Crippen molar-refractivity contribution in [3.63, 3.8) is 0 Å². The molecule has 19 heavy (non-hydrogen) atoms. The van der Waals surface area contributed by atoms with Gasteiger partial charge in [0.15, 0.2) is 0 Å². The van der Waals surface area contributed by atoms with Gasteiger partial charge in [-0.3, -0.25) is 5.10 Å². The van der Waals surface area contributed by atoms with E-state index < -0.39 is 0 Å². The van der Waals surface area contributed by atoms with Crippen LogP contribution >= 0.6 is 0 Å². The number of aromatic amines is 1. The maximum atomic E-state index is 4.63. The summed E-state index contributed by atoms with van der Waals surface area (Å²) in [6.45, 7) is 4.26. The Balaban J connectivity index is 2.01. The van der Waals surface area contributed by atoms with E-state index in [2.05, 4.69) is 41.0 Å². The van der Waals surface area contributed by atoms with Crippen molar-refractivity contribution < 1.29 is 0 Å². The number of nitrogens with one attached hydrogen (secondary N) is 1. The first-order valence-electron chi connectivity index (χ1n) is 6.79. The standard InChI is InChI=1S/C15H18N4/c1-3-4-10-13-16-15-17-14(11(2)19(15)18-13)12-8-6-5-7-9-12/h5-9H,3-4,10H2,1-2H3,(H,16,17,18). The lowest BCUT2D eigenvalue weighted by atomic mass is 10.1. The van der Waals surface area contributed by atoms with Gasteiger partial charge in [-0.05, 0) is 13.3 Å². The normalized spacial score (nSPS) is 11.3. The molecule has 0 fully saturated rings. The molecule has 0 saturated carbocycles. The van der Waals surface area contributed by atoms with Crippen LogP contribution in [0.5, 0.6) is 0 Å². The number of aryl methyl sites for hydroxylation is 2. The Morgan fingerprint density at radius 1 is 1.16 bits per heavy atom. The summed E-state index contributed by atoms with van der Waals surface area (Å²) in [7, 11) is 0. The van der Waals surface area contributed by atoms with Gasteiger partial charge in [0.1, 0.15) is 5.82 Å². The van der Waals surface area contributed by atoms with Crippen molar-refractivity contribution in [2.45, 2.75) is 33.1 Å². The van der Waals surface area contributed by atoms with Crippen LogP contribution in [0.15, 0.2) is 30.3 Å². The summed E-state index contributed by atoms with van der Waals surface area (Å²) in [5, 5.41) is 3.33. The molecule has 98 valence electrons. The van der Waals surface area contributed by atoms with Crippen molar-refractivity contribution in [1.29, 1.82) is 0 Å². The Bertz CT molecular complexity index is 679. The summed E-state index contributed by atoms with van der Waals surface area (Å²) in [5.41, 5.74) is 3.24. The van der Waals surface area contributed by atoms with E-state index in [1.165, 1.54) is 6.42 Å². The van der Waals surface area contributed by atoms with Gasteiger partial charge in [-0.25, -0.2) is 9.50 Å². The zero-order chi connectivity index (χ0) is 13.2. The van der Waals surface area contributed by atoms with Crippen LogP contribution < -0.4 is 0 Å². The number of H-pyrrole nitrogens is 1. The number of hydrogen-bond acceptors (Lipinski definition) is 2. The van der Waals surface area contributed by atoms with E-state index in [0.29, 0.717) is 0 Å². The number of fused-ring (bicyclic) bond motifs is 1. The van der Waals surface area contributed by atoms with Crippen LogP contribution in [-0.2, 0) is 6.42 Å². The van der Waals surface area contributed by atoms with E-state index >= 15 is 0 Å². The molecule has 2 heterocycles. The second-order valence-corrected chi connectivity index (χ2v) is 4.82. The quantitative estimate of drug-likeness (QED) is 0.775. The average Bonchev–Trinajstić information content (AvgIpc) is 2.97. The average molecular weight is 254 g/mol. The molecule has 4 heteroatoms. The molecule has 0 aliphatic carbocycles. The first-order chi connectivity index (χ1) is 9.29.